The van der Waals surface area contributed by atoms with Crippen LogP contribution in [0.3, 0.4) is 0 Å². The van der Waals surface area contributed by atoms with Crippen molar-refractivity contribution in [3.05, 3.63) is 41.7 Å². The molecular formula is C12H14N2O2. The van der Waals surface area contributed by atoms with Crippen LogP contribution in [0.25, 0.3) is 0 Å². The third kappa shape index (κ3) is 2.53. The highest BCUT2D eigenvalue weighted by Crippen LogP contribution is 2.21. The summed E-state index contributed by atoms with van der Waals surface area (Å²) in [6.45, 7) is 2.32. The first-order valence-electron chi connectivity index (χ1n) is 5.05. The molecule has 2 aromatic rings. The summed E-state index contributed by atoms with van der Waals surface area (Å²) in [6, 6.07) is 7.06. The van der Waals surface area contributed by atoms with Gasteiger partial charge < -0.3 is 9.84 Å². The van der Waals surface area contributed by atoms with E-state index >= 15 is 0 Å². The van der Waals surface area contributed by atoms with Crippen LogP contribution in [-0.4, -0.2) is 14.9 Å². The van der Waals surface area contributed by atoms with Gasteiger partial charge in [-0.1, -0.05) is 0 Å². The molecule has 0 unspecified atom stereocenters. The van der Waals surface area contributed by atoms with Gasteiger partial charge in [0.25, 0.3) is 0 Å². The lowest BCUT2D eigenvalue weighted by molar-refractivity contribution is 0.298. The lowest BCUT2D eigenvalue weighted by atomic mass is 10.2. The standard InChI is InChI=1S/C12H14N2O2/c1-9-5-11(15)7-12(6-9)16-8-10-3-4-14(2)13-10/h3-7,15H,8H2,1-2H3. The molecule has 0 aliphatic rings. The van der Waals surface area contributed by atoms with E-state index in [1.165, 1.54) is 0 Å². The Balaban J connectivity index is 2.04. The third-order valence-corrected chi connectivity index (χ3v) is 2.19. The number of rotatable bonds is 3. The maximum Gasteiger partial charge on any atom is 0.132 e. The van der Waals surface area contributed by atoms with Crippen molar-refractivity contribution in [3.8, 4) is 11.5 Å². The number of nitrogens with zero attached hydrogens (tertiary/aromatic N) is 2. The largest absolute Gasteiger partial charge is 0.508 e. The zero-order chi connectivity index (χ0) is 11.5. The van der Waals surface area contributed by atoms with Crippen molar-refractivity contribution in [2.75, 3.05) is 0 Å². The number of aromatic nitrogens is 2. The van der Waals surface area contributed by atoms with E-state index in [1.54, 1.807) is 16.8 Å². The van der Waals surface area contributed by atoms with E-state index in [2.05, 4.69) is 5.10 Å². The molecule has 0 atom stereocenters. The Morgan fingerprint density at radius 3 is 2.81 bits per heavy atom. The minimum atomic E-state index is 0.219. The van der Waals surface area contributed by atoms with E-state index < -0.39 is 0 Å². The summed E-state index contributed by atoms with van der Waals surface area (Å²) in [4.78, 5) is 0. The molecule has 0 radical (unpaired) electrons. The number of hydrogen-bond donors (Lipinski definition) is 1. The second kappa shape index (κ2) is 4.26. The van der Waals surface area contributed by atoms with Gasteiger partial charge in [0.05, 0.1) is 5.69 Å². The highest BCUT2D eigenvalue weighted by Gasteiger charge is 2.01. The van der Waals surface area contributed by atoms with E-state index in [9.17, 15) is 5.11 Å². The molecule has 0 saturated heterocycles. The van der Waals surface area contributed by atoms with Crippen LogP contribution in [0, 0.1) is 6.92 Å². The molecule has 0 saturated carbocycles. The van der Waals surface area contributed by atoms with Crippen molar-refractivity contribution in [1.29, 1.82) is 0 Å². The zero-order valence-electron chi connectivity index (χ0n) is 9.34. The number of hydrogen-bond acceptors (Lipinski definition) is 3. The fourth-order valence-corrected chi connectivity index (χ4v) is 1.51. The lowest BCUT2D eigenvalue weighted by Gasteiger charge is -2.05. The first-order chi connectivity index (χ1) is 7.63. The zero-order valence-corrected chi connectivity index (χ0v) is 9.34. The molecule has 1 N–H and O–H groups in total. The number of phenolic OH excluding ortho intramolecular Hbond substituents is 1. The van der Waals surface area contributed by atoms with Gasteiger partial charge in [0.1, 0.15) is 18.1 Å². The molecule has 2 rings (SSSR count). The molecule has 84 valence electrons. The van der Waals surface area contributed by atoms with Crippen molar-refractivity contribution in [2.24, 2.45) is 7.05 Å². The fourth-order valence-electron chi connectivity index (χ4n) is 1.51. The summed E-state index contributed by atoms with van der Waals surface area (Å²) in [5.41, 5.74) is 1.83. The number of phenols is 1. The van der Waals surface area contributed by atoms with Crippen molar-refractivity contribution in [1.82, 2.24) is 9.78 Å². The molecule has 16 heavy (non-hydrogen) atoms. The topological polar surface area (TPSA) is 47.3 Å². The molecule has 0 aliphatic carbocycles. The lowest BCUT2D eigenvalue weighted by Crippen LogP contribution is -1.98. The quantitative estimate of drug-likeness (QED) is 0.857. The molecule has 1 heterocycles. The van der Waals surface area contributed by atoms with Gasteiger partial charge in [-0.15, -0.1) is 0 Å². The third-order valence-electron chi connectivity index (χ3n) is 2.19. The SMILES string of the molecule is Cc1cc(O)cc(OCc2ccn(C)n2)c1. The Morgan fingerprint density at radius 2 is 2.19 bits per heavy atom. The minimum Gasteiger partial charge on any atom is -0.508 e. The molecule has 0 fully saturated rings. The highest BCUT2D eigenvalue weighted by atomic mass is 16.5. The van der Waals surface area contributed by atoms with Gasteiger partial charge in [-0.05, 0) is 30.7 Å². The first kappa shape index (κ1) is 10.5. The summed E-state index contributed by atoms with van der Waals surface area (Å²) >= 11 is 0. The monoisotopic (exact) mass is 218 g/mol. The molecule has 0 amide bonds. The van der Waals surface area contributed by atoms with Gasteiger partial charge in [-0.2, -0.15) is 5.10 Å². The first-order valence-corrected chi connectivity index (χ1v) is 5.05. The number of ether oxygens (including phenoxy) is 1. The van der Waals surface area contributed by atoms with Crippen LogP contribution >= 0.6 is 0 Å². The van der Waals surface area contributed by atoms with E-state index in [-0.39, 0.29) is 5.75 Å². The normalized spacial score (nSPS) is 10.4. The molecular weight excluding hydrogens is 204 g/mol. The van der Waals surface area contributed by atoms with Crippen LogP contribution < -0.4 is 4.74 Å². The summed E-state index contributed by atoms with van der Waals surface area (Å²) in [5, 5.41) is 13.6. The predicted molar refractivity (Wildman–Crippen MR) is 60.4 cm³/mol. The fraction of sp³-hybridized carbons (Fsp3) is 0.250. The maximum atomic E-state index is 9.40. The van der Waals surface area contributed by atoms with Crippen LogP contribution in [-0.2, 0) is 13.7 Å². The number of aryl methyl sites for hydroxylation is 2. The van der Waals surface area contributed by atoms with Crippen LogP contribution in [0.1, 0.15) is 11.3 Å². The van der Waals surface area contributed by atoms with E-state index in [1.807, 2.05) is 32.3 Å². The Hall–Kier alpha value is -1.97. The Morgan fingerprint density at radius 1 is 1.38 bits per heavy atom. The molecule has 1 aromatic carbocycles. The van der Waals surface area contributed by atoms with Crippen LogP contribution in [0.4, 0.5) is 0 Å². The predicted octanol–water partition coefficient (Wildman–Crippen LogP) is 2.01. The highest BCUT2D eigenvalue weighted by molar-refractivity contribution is 5.36. The summed E-state index contributed by atoms with van der Waals surface area (Å²) in [7, 11) is 1.86. The molecule has 4 nitrogen and oxygen atoms in total. The second-order valence-corrected chi connectivity index (χ2v) is 3.77. The summed E-state index contributed by atoms with van der Waals surface area (Å²) in [5.74, 6) is 0.874. The van der Waals surface area contributed by atoms with Crippen molar-refractivity contribution in [3.63, 3.8) is 0 Å². The molecule has 0 bridgehead atoms. The van der Waals surface area contributed by atoms with Gasteiger partial charge >= 0.3 is 0 Å². The number of benzene rings is 1. The van der Waals surface area contributed by atoms with Gasteiger partial charge in [-0.3, -0.25) is 4.68 Å². The molecule has 1 aromatic heterocycles. The summed E-state index contributed by atoms with van der Waals surface area (Å²) < 4.78 is 7.26. The Kier molecular flexibility index (Phi) is 2.81. The average molecular weight is 218 g/mol. The van der Waals surface area contributed by atoms with Gasteiger partial charge in [-0.25, -0.2) is 0 Å². The van der Waals surface area contributed by atoms with Crippen LogP contribution in [0.2, 0.25) is 0 Å². The van der Waals surface area contributed by atoms with Gasteiger partial charge in [0, 0.05) is 19.3 Å². The van der Waals surface area contributed by atoms with Crippen LogP contribution in [0.15, 0.2) is 30.5 Å². The van der Waals surface area contributed by atoms with Gasteiger partial charge in [0.15, 0.2) is 0 Å². The van der Waals surface area contributed by atoms with E-state index in [4.69, 9.17) is 4.74 Å². The van der Waals surface area contributed by atoms with Gasteiger partial charge in [0.2, 0.25) is 0 Å². The van der Waals surface area contributed by atoms with Crippen molar-refractivity contribution in [2.45, 2.75) is 13.5 Å². The summed E-state index contributed by atoms with van der Waals surface area (Å²) in [6.07, 6.45) is 1.87. The molecule has 4 heteroatoms. The van der Waals surface area contributed by atoms with E-state index in [0.717, 1.165) is 11.3 Å². The average Bonchev–Trinajstić information content (AvgIpc) is 2.60. The maximum absolute atomic E-state index is 9.40. The van der Waals surface area contributed by atoms with E-state index in [0.29, 0.717) is 12.4 Å². The van der Waals surface area contributed by atoms with Crippen molar-refractivity contribution >= 4 is 0 Å². The minimum absolute atomic E-state index is 0.219. The second-order valence-electron chi connectivity index (χ2n) is 3.77. The molecule has 0 spiro atoms. The van der Waals surface area contributed by atoms with Crippen molar-refractivity contribution < 1.29 is 9.84 Å². The smallest absolute Gasteiger partial charge is 0.132 e. The van der Waals surface area contributed by atoms with Crippen LogP contribution in [0.5, 0.6) is 11.5 Å². The Bertz CT molecular complexity index is 471. The Labute approximate surface area is 94.1 Å². The molecule has 0 aliphatic heterocycles. The number of aromatic hydroxyl groups is 1.